The zero-order chi connectivity index (χ0) is 20.0. The number of aliphatic carboxylic acids is 1. The van der Waals surface area contributed by atoms with Crippen molar-refractivity contribution in [3.05, 3.63) is 53.4 Å². The number of aliphatic hydroxyl groups is 2. The number of carbonyl (C=O) groups excluding carboxylic acids is 1. The number of halogens is 1. The number of carboxylic acid groups (broad SMARTS) is 1. The predicted octanol–water partition coefficient (Wildman–Crippen LogP) is -0.152. The summed E-state index contributed by atoms with van der Waals surface area (Å²) in [5.41, 5.74) is 3.22. The van der Waals surface area contributed by atoms with Gasteiger partial charge in [-0.3, -0.25) is 0 Å². The minimum atomic E-state index is -1.34. The van der Waals surface area contributed by atoms with Crippen LogP contribution in [-0.2, 0) is 4.79 Å². The van der Waals surface area contributed by atoms with E-state index in [0.29, 0.717) is 5.92 Å². The van der Waals surface area contributed by atoms with E-state index in [1.54, 1.807) is 18.2 Å². The largest absolute Gasteiger partial charge is 1.00 e. The minimum Gasteiger partial charge on any atom is -0.550 e. The Kier molecular flexibility index (Phi) is 10.6. The van der Waals surface area contributed by atoms with Gasteiger partial charge in [0, 0.05) is 18.8 Å². The number of aliphatic hydroxyl groups excluding tert-OH is 2. The van der Waals surface area contributed by atoms with Gasteiger partial charge in [-0.25, -0.2) is 4.39 Å². The first-order valence-electron chi connectivity index (χ1n) is 9.49. The fourth-order valence-electron chi connectivity index (χ4n) is 3.60. The van der Waals surface area contributed by atoms with Crippen molar-refractivity contribution in [2.24, 2.45) is 11.8 Å². The summed E-state index contributed by atoms with van der Waals surface area (Å²) in [5, 5.41) is 30.3. The van der Waals surface area contributed by atoms with Crippen LogP contribution in [0.15, 0.2) is 42.0 Å². The average Bonchev–Trinajstić information content (AvgIpc) is 2.72. The van der Waals surface area contributed by atoms with E-state index in [2.05, 4.69) is 13.8 Å². The molecule has 0 aromatic heterocycles. The second-order valence-electron chi connectivity index (χ2n) is 7.62. The summed E-state index contributed by atoms with van der Waals surface area (Å²) in [4.78, 5) is 10.5. The van der Waals surface area contributed by atoms with Crippen molar-refractivity contribution in [1.82, 2.24) is 0 Å². The fourth-order valence-corrected chi connectivity index (χ4v) is 3.60. The van der Waals surface area contributed by atoms with Crippen molar-refractivity contribution >= 4 is 11.5 Å². The molecule has 4 nitrogen and oxygen atoms in total. The van der Waals surface area contributed by atoms with E-state index in [0.717, 1.165) is 36.0 Å². The van der Waals surface area contributed by atoms with E-state index in [9.17, 15) is 24.5 Å². The van der Waals surface area contributed by atoms with E-state index in [-0.39, 0.29) is 47.7 Å². The van der Waals surface area contributed by atoms with Crippen molar-refractivity contribution in [3.63, 3.8) is 0 Å². The van der Waals surface area contributed by atoms with Crippen LogP contribution in [0.4, 0.5) is 4.39 Å². The Bertz CT molecular complexity index is 699. The maximum Gasteiger partial charge on any atom is 1.00 e. The maximum absolute atomic E-state index is 13.3. The Hall–Kier alpha value is -0.980. The van der Waals surface area contributed by atoms with Gasteiger partial charge in [-0.15, -0.1) is 0 Å². The minimum absolute atomic E-state index is 0. The van der Waals surface area contributed by atoms with Gasteiger partial charge in [-0.2, -0.15) is 0 Å². The summed E-state index contributed by atoms with van der Waals surface area (Å²) in [5.74, 6) is -0.824. The summed E-state index contributed by atoms with van der Waals surface area (Å²) in [6, 6.07) is 6.47. The van der Waals surface area contributed by atoms with Crippen LogP contribution < -0.4 is 34.7 Å². The van der Waals surface area contributed by atoms with E-state index in [1.807, 2.05) is 6.08 Å². The molecule has 0 spiro atoms. The number of hydrogen-bond acceptors (Lipinski definition) is 4. The van der Waals surface area contributed by atoms with Gasteiger partial charge < -0.3 is 20.1 Å². The van der Waals surface area contributed by atoms with E-state index in [1.165, 1.54) is 12.1 Å². The van der Waals surface area contributed by atoms with E-state index >= 15 is 0 Å². The number of allylic oxidation sites excluding steroid dienone is 3. The third-order valence-electron chi connectivity index (χ3n) is 5.13. The van der Waals surface area contributed by atoms with Gasteiger partial charge in [0.05, 0.1) is 12.2 Å². The first-order valence-corrected chi connectivity index (χ1v) is 9.49. The second kappa shape index (κ2) is 11.9. The molecule has 0 aliphatic heterocycles. The predicted molar refractivity (Wildman–Crippen MR) is 101 cm³/mol. The van der Waals surface area contributed by atoms with Gasteiger partial charge >= 0.3 is 29.6 Å². The first kappa shape index (κ1) is 25.1. The summed E-state index contributed by atoms with van der Waals surface area (Å²) in [6.45, 7) is 4.34. The van der Waals surface area contributed by atoms with Crippen LogP contribution in [0.1, 0.15) is 51.5 Å². The summed E-state index contributed by atoms with van der Waals surface area (Å²) < 4.78 is 13.3. The molecule has 2 rings (SSSR count). The zero-order valence-corrected chi connectivity index (χ0v) is 18.9. The molecule has 0 radical (unpaired) electrons. The molecule has 0 amide bonds. The zero-order valence-electron chi connectivity index (χ0n) is 16.9. The number of benzene rings is 1. The van der Waals surface area contributed by atoms with Gasteiger partial charge in [0.1, 0.15) is 5.82 Å². The molecule has 6 heteroatoms. The molecular weight excluding hydrogens is 370 g/mol. The van der Waals surface area contributed by atoms with Gasteiger partial charge in [0.2, 0.25) is 0 Å². The number of carbonyl (C=O) groups is 1. The topological polar surface area (TPSA) is 80.6 Å². The molecule has 0 saturated heterocycles. The molecule has 1 aliphatic carbocycles. The van der Waals surface area contributed by atoms with Crippen molar-refractivity contribution in [1.29, 1.82) is 0 Å². The Labute approximate surface area is 188 Å². The molecule has 28 heavy (non-hydrogen) atoms. The van der Waals surface area contributed by atoms with Crippen molar-refractivity contribution in [2.75, 3.05) is 0 Å². The molecule has 4 atom stereocenters. The van der Waals surface area contributed by atoms with Gasteiger partial charge in [-0.1, -0.05) is 38.1 Å². The van der Waals surface area contributed by atoms with Crippen LogP contribution in [0, 0.1) is 17.7 Å². The molecule has 0 fully saturated rings. The SMILES string of the molecule is CC1CCC(C)C(/C=C/C(O)CC(O)CC(=O)[O-])=C(c2ccc(F)cc2)C1.[Na+]. The van der Waals surface area contributed by atoms with Gasteiger partial charge in [0.15, 0.2) is 0 Å². The van der Waals surface area contributed by atoms with E-state index in [4.69, 9.17) is 0 Å². The smallest absolute Gasteiger partial charge is 0.550 e. The molecule has 0 bridgehead atoms. The quantitative estimate of drug-likeness (QED) is 0.626. The van der Waals surface area contributed by atoms with Gasteiger partial charge in [0.25, 0.3) is 0 Å². The molecular formula is C22H28FNaO4. The van der Waals surface area contributed by atoms with Crippen LogP contribution in [-0.4, -0.2) is 28.4 Å². The standard InChI is InChI=1S/C22H29FO4.Na/c1-14-3-4-15(2)20(10-9-18(24)12-19(25)13-22(26)27)21(11-14)16-5-7-17(23)8-6-16;/h5-10,14-15,18-19,24-25H,3-4,11-13H2,1-2H3,(H,26,27);/q;+1/p-1/b10-9+;. The fraction of sp³-hybridized carbons (Fsp3) is 0.500. The molecule has 1 aliphatic rings. The van der Waals surface area contributed by atoms with Crippen molar-refractivity contribution in [2.45, 2.75) is 58.2 Å². The summed E-state index contributed by atoms with van der Waals surface area (Å²) >= 11 is 0. The monoisotopic (exact) mass is 398 g/mol. The average molecular weight is 398 g/mol. The first-order chi connectivity index (χ1) is 12.8. The summed E-state index contributed by atoms with van der Waals surface area (Å²) in [7, 11) is 0. The normalized spacial score (nSPS) is 22.5. The van der Waals surface area contributed by atoms with E-state index < -0.39 is 24.6 Å². The molecule has 0 heterocycles. The summed E-state index contributed by atoms with van der Waals surface area (Å²) in [6.07, 6.45) is 3.81. The van der Waals surface area contributed by atoms with Gasteiger partial charge in [-0.05, 0) is 59.9 Å². The van der Waals surface area contributed by atoms with Crippen LogP contribution >= 0.6 is 0 Å². The molecule has 1 aromatic carbocycles. The molecule has 2 N–H and O–H groups in total. The molecule has 148 valence electrons. The Morgan fingerprint density at radius 1 is 1.25 bits per heavy atom. The number of carboxylic acids is 1. The third-order valence-corrected chi connectivity index (χ3v) is 5.13. The van der Waals surface area contributed by atoms with Crippen LogP contribution in [0.3, 0.4) is 0 Å². The van der Waals surface area contributed by atoms with Crippen molar-refractivity contribution < 1.29 is 54.1 Å². The molecule has 1 aromatic rings. The Balaban J connectivity index is 0.00000392. The Morgan fingerprint density at radius 2 is 1.89 bits per heavy atom. The van der Waals surface area contributed by atoms with Crippen LogP contribution in [0.5, 0.6) is 0 Å². The Morgan fingerprint density at radius 3 is 2.50 bits per heavy atom. The number of rotatable bonds is 7. The number of hydrogen-bond donors (Lipinski definition) is 2. The molecule has 0 saturated carbocycles. The molecule has 4 unspecified atom stereocenters. The third kappa shape index (κ3) is 7.80. The second-order valence-corrected chi connectivity index (χ2v) is 7.62. The van der Waals surface area contributed by atoms with Crippen LogP contribution in [0.2, 0.25) is 0 Å². The maximum atomic E-state index is 13.3. The van der Waals surface area contributed by atoms with Crippen molar-refractivity contribution in [3.8, 4) is 0 Å². The van der Waals surface area contributed by atoms with Crippen LogP contribution in [0.25, 0.3) is 5.57 Å².